The van der Waals surface area contributed by atoms with E-state index in [1.54, 1.807) is 60.7 Å². The first-order valence-electron chi connectivity index (χ1n) is 11.9. The summed E-state index contributed by atoms with van der Waals surface area (Å²) in [6, 6.07) is 25.2. The van der Waals surface area contributed by atoms with Gasteiger partial charge in [0.15, 0.2) is 0 Å². The Labute approximate surface area is 218 Å². The predicted molar refractivity (Wildman–Crippen MR) is 141 cm³/mol. The third-order valence-corrected chi connectivity index (χ3v) is 5.47. The van der Waals surface area contributed by atoms with Gasteiger partial charge in [-0.15, -0.1) is 13.2 Å². The molecule has 4 aliphatic rings. The van der Waals surface area contributed by atoms with E-state index in [1.807, 2.05) is 36.4 Å². The molecule has 4 aliphatic heterocycles. The van der Waals surface area contributed by atoms with E-state index in [0.29, 0.717) is 57.3 Å². The molecule has 0 aromatic heterocycles. The van der Waals surface area contributed by atoms with Gasteiger partial charge in [0.2, 0.25) is 23.0 Å². The van der Waals surface area contributed by atoms with Gasteiger partial charge in [-0.25, -0.2) is 0 Å². The van der Waals surface area contributed by atoms with Crippen molar-refractivity contribution in [2.45, 2.75) is 12.8 Å². The molecule has 0 unspecified atom stereocenters. The summed E-state index contributed by atoms with van der Waals surface area (Å²) in [6.07, 6.45) is 4.98. The fourth-order valence-electron chi connectivity index (χ4n) is 3.54. The molecule has 0 fully saturated rings. The largest absolute Gasteiger partial charge is 0.352 e. The molecule has 188 valence electrons. The SMILES string of the molecule is C=CCc1ccc2c(c1)ON=c1ccc(cc1)=NOc1cc(CC=C)ccc1ON=c1ccc(cc1)=NO2. The first-order valence-corrected chi connectivity index (χ1v) is 11.9. The minimum Gasteiger partial charge on any atom is -0.352 e. The second kappa shape index (κ2) is 11.7. The Bertz CT molecular complexity index is 1560. The molecule has 0 atom stereocenters. The number of allylic oxidation sites excluding steroid dienone is 2. The summed E-state index contributed by atoms with van der Waals surface area (Å²) in [5, 5.41) is 19.3. The number of rotatable bonds is 4. The van der Waals surface area contributed by atoms with Crippen molar-refractivity contribution in [2.24, 2.45) is 20.6 Å². The van der Waals surface area contributed by atoms with E-state index in [2.05, 4.69) is 33.8 Å². The van der Waals surface area contributed by atoms with Crippen LogP contribution in [0.3, 0.4) is 0 Å². The maximum Gasteiger partial charge on any atom is 0.203 e. The zero-order chi connectivity index (χ0) is 26.2. The van der Waals surface area contributed by atoms with Crippen molar-refractivity contribution in [1.29, 1.82) is 0 Å². The molecule has 0 radical (unpaired) electrons. The van der Waals surface area contributed by atoms with Gasteiger partial charge < -0.3 is 19.4 Å². The quantitative estimate of drug-likeness (QED) is 0.395. The van der Waals surface area contributed by atoms with Crippen LogP contribution < -0.4 is 40.8 Å². The normalized spacial score (nSPS) is 12.2. The molecule has 0 saturated heterocycles. The van der Waals surface area contributed by atoms with Crippen LogP contribution in [0, 0.1) is 0 Å². The van der Waals surface area contributed by atoms with E-state index in [0.717, 1.165) is 11.1 Å². The van der Waals surface area contributed by atoms with Crippen LogP contribution in [0.5, 0.6) is 23.0 Å². The van der Waals surface area contributed by atoms with Gasteiger partial charge in [0, 0.05) is 0 Å². The van der Waals surface area contributed by atoms with Gasteiger partial charge in [0.05, 0.1) is 0 Å². The highest BCUT2D eigenvalue weighted by Crippen LogP contribution is 2.30. The minimum absolute atomic E-state index is 0.417. The molecule has 8 heteroatoms. The summed E-state index contributed by atoms with van der Waals surface area (Å²) in [5.74, 6) is 1.68. The van der Waals surface area contributed by atoms with Crippen molar-refractivity contribution in [3.8, 4) is 23.0 Å². The Balaban J connectivity index is 1.58. The highest BCUT2D eigenvalue weighted by molar-refractivity contribution is 5.44. The first-order chi connectivity index (χ1) is 18.7. The zero-order valence-corrected chi connectivity index (χ0v) is 20.5. The van der Waals surface area contributed by atoms with E-state index in [4.69, 9.17) is 19.4 Å². The van der Waals surface area contributed by atoms with Gasteiger partial charge in [-0.2, -0.15) is 0 Å². The second-order valence-corrected chi connectivity index (χ2v) is 8.31. The molecule has 4 aromatic rings. The average Bonchev–Trinajstić information content (AvgIpc) is 2.95. The molecule has 4 aromatic carbocycles. The first kappa shape index (κ1) is 24.5. The van der Waals surface area contributed by atoms with E-state index < -0.39 is 0 Å². The zero-order valence-electron chi connectivity index (χ0n) is 20.5. The minimum atomic E-state index is 0.417. The fourth-order valence-corrected chi connectivity index (χ4v) is 3.54. The Morgan fingerprint density at radius 1 is 0.447 bits per heavy atom. The summed E-state index contributed by atoms with van der Waals surface area (Å²) in [5.41, 5.74) is 2.00. The van der Waals surface area contributed by atoms with Crippen LogP contribution in [0.4, 0.5) is 0 Å². The number of benzene rings is 4. The second-order valence-electron chi connectivity index (χ2n) is 8.31. The number of nitrogens with zero attached hydrogens (tertiary/aromatic N) is 4. The molecular weight excluding hydrogens is 480 g/mol. The van der Waals surface area contributed by atoms with E-state index in [9.17, 15) is 0 Å². The smallest absolute Gasteiger partial charge is 0.203 e. The lowest BCUT2D eigenvalue weighted by atomic mass is 10.1. The summed E-state index contributed by atoms with van der Waals surface area (Å²) < 4.78 is 0. The monoisotopic (exact) mass is 504 g/mol. The Morgan fingerprint density at radius 3 is 1.08 bits per heavy atom. The molecule has 4 heterocycles. The molecule has 0 amide bonds. The Hall–Kier alpha value is -5.24. The summed E-state index contributed by atoms with van der Waals surface area (Å²) in [4.78, 5) is 22.9. The third kappa shape index (κ3) is 6.11. The molecule has 8 rings (SSSR count). The van der Waals surface area contributed by atoms with Crippen LogP contribution in [0.15, 0.2) is 131 Å². The van der Waals surface area contributed by atoms with Crippen LogP contribution in [-0.2, 0) is 12.8 Å². The standard InChI is InChI=1S/C30H24N4O4/c1-3-5-21-7-17-27-29(19-21)37-33-25-13-15-26(16-14-25)34-38-30-20-22(6-4-2)8-18-28(30)36-32-24-11-9-23(10-12-24)31-35-27/h3-4,7-20H,1-2,5-6H2. The van der Waals surface area contributed by atoms with Gasteiger partial charge in [-0.1, -0.05) is 44.9 Å². The van der Waals surface area contributed by atoms with Crippen molar-refractivity contribution in [2.75, 3.05) is 0 Å². The highest BCUT2D eigenvalue weighted by Gasteiger charge is 2.09. The predicted octanol–water partition coefficient (Wildman–Crippen LogP) is 3.91. The lowest BCUT2D eigenvalue weighted by molar-refractivity contribution is 0.271. The molecular formula is C30H24N4O4. The topological polar surface area (TPSA) is 86.4 Å². The Kier molecular flexibility index (Phi) is 7.51. The van der Waals surface area contributed by atoms with Crippen LogP contribution >= 0.6 is 0 Å². The van der Waals surface area contributed by atoms with Crippen molar-refractivity contribution in [3.63, 3.8) is 0 Å². The van der Waals surface area contributed by atoms with E-state index in [1.165, 1.54) is 0 Å². The van der Waals surface area contributed by atoms with Crippen molar-refractivity contribution >= 4 is 0 Å². The van der Waals surface area contributed by atoms with Crippen LogP contribution in [0.1, 0.15) is 11.1 Å². The third-order valence-electron chi connectivity index (χ3n) is 5.47. The van der Waals surface area contributed by atoms with Crippen molar-refractivity contribution in [1.82, 2.24) is 0 Å². The van der Waals surface area contributed by atoms with Crippen molar-refractivity contribution in [3.05, 3.63) is 143 Å². The lowest BCUT2D eigenvalue weighted by Crippen LogP contribution is -2.12. The molecule has 0 N–H and O–H groups in total. The van der Waals surface area contributed by atoms with Crippen LogP contribution in [0.2, 0.25) is 0 Å². The van der Waals surface area contributed by atoms with Gasteiger partial charge >= 0.3 is 0 Å². The Morgan fingerprint density at radius 2 is 0.763 bits per heavy atom. The fraction of sp³-hybridized carbons (Fsp3) is 0.0667. The van der Waals surface area contributed by atoms with Gasteiger partial charge in [-0.05, 0) is 96.8 Å². The molecule has 8 nitrogen and oxygen atoms in total. The van der Waals surface area contributed by atoms with Gasteiger partial charge in [-0.3, -0.25) is 0 Å². The van der Waals surface area contributed by atoms with E-state index in [-0.39, 0.29) is 0 Å². The molecule has 38 heavy (non-hydrogen) atoms. The number of hydrogen-bond donors (Lipinski definition) is 0. The highest BCUT2D eigenvalue weighted by atomic mass is 16.7. The van der Waals surface area contributed by atoms with Crippen LogP contribution in [0.25, 0.3) is 0 Å². The average molecular weight is 505 g/mol. The maximum absolute atomic E-state index is 5.75. The maximum atomic E-state index is 5.75. The van der Waals surface area contributed by atoms with Gasteiger partial charge in [0.25, 0.3) is 0 Å². The molecule has 0 saturated carbocycles. The molecule has 4 bridgehead atoms. The van der Waals surface area contributed by atoms with Gasteiger partial charge in [0.1, 0.15) is 21.4 Å². The summed E-state index contributed by atoms with van der Waals surface area (Å²) in [6.45, 7) is 7.59. The van der Waals surface area contributed by atoms with Crippen LogP contribution in [-0.4, -0.2) is 0 Å². The molecule has 0 aliphatic carbocycles. The van der Waals surface area contributed by atoms with Crippen molar-refractivity contribution < 1.29 is 19.4 Å². The number of hydrogen-bond acceptors (Lipinski definition) is 8. The summed E-state index contributed by atoms with van der Waals surface area (Å²) >= 11 is 0. The van der Waals surface area contributed by atoms with E-state index >= 15 is 0 Å². The molecule has 0 spiro atoms. The lowest BCUT2D eigenvalue weighted by Gasteiger charge is -2.07. The summed E-state index contributed by atoms with van der Waals surface area (Å²) in [7, 11) is 0.